The third-order valence-corrected chi connectivity index (χ3v) is 3.99. The normalized spacial score (nSPS) is 10.8. The van der Waals surface area contributed by atoms with Gasteiger partial charge in [0, 0.05) is 20.6 Å². The van der Waals surface area contributed by atoms with Gasteiger partial charge in [0.1, 0.15) is 10.7 Å². The molecule has 3 rings (SSSR count). The number of aromatic nitrogens is 1. The van der Waals surface area contributed by atoms with Gasteiger partial charge in [-0.1, -0.05) is 56.4 Å². The summed E-state index contributed by atoms with van der Waals surface area (Å²) in [6.45, 7) is 0. The molecule has 0 saturated heterocycles. The quantitative estimate of drug-likeness (QED) is 0.547. The lowest BCUT2D eigenvalue weighted by molar-refractivity contribution is 0.435. The van der Waals surface area contributed by atoms with Crippen LogP contribution in [0.2, 0.25) is 10.0 Å². The number of halogens is 3. The Morgan fingerprint density at radius 2 is 1.45 bits per heavy atom. The maximum atomic E-state index is 6.37. The molecule has 0 unspecified atom stereocenters. The average Bonchev–Trinajstić information content (AvgIpc) is 2.83. The standard InChI is InChI=1S/C15H8BrCl2NO/c16-11-5-1-10(2-6-11)15-13(18)14(19-20-15)9-3-7-12(17)8-4-9/h1-8H. The molecule has 2 aromatic carbocycles. The van der Waals surface area contributed by atoms with Crippen LogP contribution in [0.4, 0.5) is 0 Å². The van der Waals surface area contributed by atoms with Gasteiger partial charge in [0.25, 0.3) is 0 Å². The summed E-state index contributed by atoms with van der Waals surface area (Å²) in [7, 11) is 0. The first-order chi connectivity index (χ1) is 9.65. The number of hydrogen-bond acceptors (Lipinski definition) is 2. The van der Waals surface area contributed by atoms with Gasteiger partial charge >= 0.3 is 0 Å². The molecule has 0 radical (unpaired) electrons. The zero-order chi connectivity index (χ0) is 14.1. The lowest BCUT2D eigenvalue weighted by Gasteiger charge is -1.98. The van der Waals surface area contributed by atoms with Crippen LogP contribution in [0, 0.1) is 0 Å². The SMILES string of the molecule is Clc1ccc(-c2noc(-c3ccc(Br)cc3)c2Cl)cc1. The zero-order valence-corrected chi connectivity index (χ0v) is 13.2. The highest BCUT2D eigenvalue weighted by atomic mass is 79.9. The molecular formula is C15H8BrCl2NO. The van der Waals surface area contributed by atoms with Crippen LogP contribution in [0.15, 0.2) is 57.5 Å². The van der Waals surface area contributed by atoms with Crippen LogP contribution in [0.1, 0.15) is 0 Å². The first kappa shape index (κ1) is 13.7. The third kappa shape index (κ3) is 2.62. The molecule has 2 nitrogen and oxygen atoms in total. The Bertz CT molecular complexity index is 673. The molecule has 0 aliphatic rings. The van der Waals surface area contributed by atoms with Gasteiger partial charge in [0.2, 0.25) is 0 Å². The van der Waals surface area contributed by atoms with Crippen molar-refractivity contribution in [1.29, 1.82) is 0 Å². The van der Waals surface area contributed by atoms with E-state index in [0.717, 1.165) is 15.6 Å². The summed E-state index contributed by atoms with van der Waals surface area (Å²) in [6, 6.07) is 15.0. The molecule has 100 valence electrons. The summed E-state index contributed by atoms with van der Waals surface area (Å²) >= 11 is 15.6. The second kappa shape index (κ2) is 5.60. The lowest BCUT2D eigenvalue weighted by atomic mass is 10.1. The summed E-state index contributed by atoms with van der Waals surface area (Å²) in [5.41, 5.74) is 2.36. The Kier molecular flexibility index (Phi) is 3.83. The van der Waals surface area contributed by atoms with Crippen molar-refractivity contribution in [3.05, 3.63) is 63.0 Å². The smallest absolute Gasteiger partial charge is 0.186 e. The number of benzene rings is 2. The Hall–Kier alpha value is -1.29. The molecular weight excluding hydrogens is 361 g/mol. The van der Waals surface area contributed by atoms with Crippen LogP contribution in [0.3, 0.4) is 0 Å². The fourth-order valence-corrected chi connectivity index (χ4v) is 2.52. The number of rotatable bonds is 2. The van der Waals surface area contributed by atoms with Crippen LogP contribution < -0.4 is 0 Å². The maximum absolute atomic E-state index is 6.37. The zero-order valence-electron chi connectivity index (χ0n) is 10.1. The molecule has 0 bridgehead atoms. The van der Waals surface area contributed by atoms with E-state index in [4.69, 9.17) is 27.7 Å². The van der Waals surface area contributed by atoms with Crippen molar-refractivity contribution in [3.8, 4) is 22.6 Å². The van der Waals surface area contributed by atoms with E-state index in [2.05, 4.69) is 21.1 Å². The summed E-state index contributed by atoms with van der Waals surface area (Å²) in [4.78, 5) is 0. The molecule has 0 aliphatic carbocycles. The van der Waals surface area contributed by atoms with E-state index in [1.807, 2.05) is 36.4 Å². The van der Waals surface area contributed by atoms with Gasteiger partial charge < -0.3 is 4.52 Å². The van der Waals surface area contributed by atoms with Crippen molar-refractivity contribution in [2.75, 3.05) is 0 Å². The van der Waals surface area contributed by atoms with Gasteiger partial charge in [-0.2, -0.15) is 0 Å². The molecule has 0 amide bonds. The van der Waals surface area contributed by atoms with Crippen LogP contribution in [0.5, 0.6) is 0 Å². The Labute approximate surface area is 134 Å². The van der Waals surface area contributed by atoms with Gasteiger partial charge in [-0.05, 0) is 36.4 Å². The summed E-state index contributed by atoms with van der Waals surface area (Å²) in [6.07, 6.45) is 0. The lowest BCUT2D eigenvalue weighted by Crippen LogP contribution is -1.78. The molecule has 0 aliphatic heterocycles. The molecule has 1 heterocycles. The highest BCUT2D eigenvalue weighted by Crippen LogP contribution is 2.36. The van der Waals surface area contributed by atoms with Gasteiger partial charge in [-0.25, -0.2) is 0 Å². The fraction of sp³-hybridized carbons (Fsp3) is 0. The van der Waals surface area contributed by atoms with Crippen LogP contribution in [-0.2, 0) is 0 Å². The monoisotopic (exact) mass is 367 g/mol. The Morgan fingerprint density at radius 1 is 0.850 bits per heavy atom. The van der Waals surface area contributed by atoms with Gasteiger partial charge in [0.15, 0.2) is 5.76 Å². The maximum Gasteiger partial charge on any atom is 0.186 e. The van der Waals surface area contributed by atoms with Crippen molar-refractivity contribution < 1.29 is 4.52 Å². The number of hydrogen-bond donors (Lipinski definition) is 0. The minimum atomic E-state index is 0.495. The van der Waals surface area contributed by atoms with Crippen molar-refractivity contribution in [3.63, 3.8) is 0 Å². The molecule has 0 N–H and O–H groups in total. The minimum Gasteiger partial charge on any atom is -0.354 e. The van der Waals surface area contributed by atoms with Gasteiger partial charge in [0.05, 0.1) is 0 Å². The second-order valence-electron chi connectivity index (χ2n) is 4.19. The van der Waals surface area contributed by atoms with Crippen LogP contribution >= 0.6 is 39.1 Å². The van der Waals surface area contributed by atoms with Gasteiger partial charge in [-0.15, -0.1) is 0 Å². The summed E-state index contributed by atoms with van der Waals surface area (Å²) in [5.74, 6) is 0.559. The minimum absolute atomic E-state index is 0.495. The number of nitrogens with zero attached hydrogens (tertiary/aromatic N) is 1. The van der Waals surface area contributed by atoms with Crippen molar-refractivity contribution in [1.82, 2.24) is 5.16 Å². The molecule has 5 heteroatoms. The van der Waals surface area contributed by atoms with Crippen molar-refractivity contribution >= 4 is 39.1 Å². The second-order valence-corrected chi connectivity index (χ2v) is 5.92. The fourth-order valence-electron chi connectivity index (χ4n) is 1.85. The van der Waals surface area contributed by atoms with Gasteiger partial charge in [-0.3, -0.25) is 0 Å². The third-order valence-electron chi connectivity index (χ3n) is 2.86. The molecule has 0 spiro atoms. The summed E-state index contributed by atoms with van der Waals surface area (Å²) < 4.78 is 6.37. The molecule has 3 aromatic rings. The topological polar surface area (TPSA) is 26.0 Å². The van der Waals surface area contributed by atoms with Crippen LogP contribution in [0.25, 0.3) is 22.6 Å². The highest BCUT2D eigenvalue weighted by molar-refractivity contribution is 9.10. The van der Waals surface area contributed by atoms with E-state index < -0.39 is 0 Å². The van der Waals surface area contributed by atoms with Crippen molar-refractivity contribution in [2.45, 2.75) is 0 Å². The predicted molar refractivity (Wildman–Crippen MR) is 85.1 cm³/mol. The molecule has 0 atom stereocenters. The Balaban J connectivity index is 2.04. The summed E-state index contributed by atoms with van der Waals surface area (Å²) in [5, 5.41) is 5.22. The first-order valence-electron chi connectivity index (χ1n) is 5.82. The van der Waals surface area contributed by atoms with E-state index >= 15 is 0 Å². The van der Waals surface area contributed by atoms with E-state index in [1.54, 1.807) is 12.1 Å². The van der Waals surface area contributed by atoms with E-state index in [-0.39, 0.29) is 0 Å². The largest absolute Gasteiger partial charge is 0.354 e. The van der Waals surface area contributed by atoms with Crippen molar-refractivity contribution in [2.24, 2.45) is 0 Å². The highest BCUT2D eigenvalue weighted by Gasteiger charge is 2.17. The van der Waals surface area contributed by atoms with E-state index in [1.165, 1.54) is 0 Å². The predicted octanol–water partition coefficient (Wildman–Crippen LogP) is 6.08. The molecule has 20 heavy (non-hydrogen) atoms. The molecule has 0 saturated carbocycles. The molecule has 1 aromatic heterocycles. The Morgan fingerprint density at radius 3 is 2.10 bits per heavy atom. The van der Waals surface area contributed by atoms with Crippen LogP contribution in [-0.4, -0.2) is 5.16 Å². The van der Waals surface area contributed by atoms with E-state index in [0.29, 0.717) is 21.5 Å². The first-order valence-corrected chi connectivity index (χ1v) is 7.37. The molecule has 0 fully saturated rings. The average molecular weight is 369 g/mol. The van der Waals surface area contributed by atoms with E-state index in [9.17, 15) is 0 Å².